The first-order valence-electron chi connectivity index (χ1n) is 8.60. The predicted octanol–water partition coefficient (Wildman–Crippen LogP) is 5.34. The van der Waals surface area contributed by atoms with Gasteiger partial charge in [0, 0.05) is 12.1 Å². The Morgan fingerprint density at radius 1 is 0.808 bits per heavy atom. The lowest BCUT2D eigenvalue weighted by Gasteiger charge is -2.03. The van der Waals surface area contributed by atoms with Gasteiger partial charge in [0.2, 0.25) is 0 Å². The van der Waals surface area contributed by atoms with Crippen molar-refractivity contribution in [1.82, 2.24) is 9.97 Å². The van der Waals surface area contributed by atoms with E-state index in [0.717, 1.165) is 44.6 Å². The molecule has 0 spiro atoms. The van der Waals surface area contributed by atoms with Gasteiger partial charge in [-0.2, -0.15) is 0 Å². The van der Waals surface area contributed by atoms with E-state index in [-0.39, 0.29) is 0 Å². The first-order chi connectivity index (χ1) is 12.7. The number of thiazole rings is 2. The molecule has 2 N–H and O–H groups in total. The first kappa shape index (κ1) is 15.7. The normalized spacial score (nSPS) is 16.6. The fourth-order valence-corrected chi connectivity index (χ4v) is 5.40. The Labute approximate surface area is 159 Å². The van der Waals surface area contributed by atoms with Crippen molar-refractivity contribution in [1.29, 1.82) is 0 Å². The zero-order valence-electron chi connectivity index (χ0n) is 14.1. The van der Waals surface area contributed by atoms with Crippen LogP contribution in [0.2, 0.25) is 0 Å². The summed E-state index contributed by atoms with van der Waals surface area (Å²) in [5.41, 5.74) is 12.1. The molecule has 26 heavy (non-hydrogen) atoms. The largest absolute Gasteiger partial charge is 0.402 e. The van der Waals surface area contributed by atoms with Gasteiger partial charge >= 0.3 is 0 Å². The second-order valence-electron chi connectivity index (χ2n) is 6.61. The molecule has 3 nitrogen and oxygen atoms in total. The highest BCUT2D eigenvalue weighted by molar-refractivity contribution is 7.27. The quantitative estimate of drug-likeness (QED) is 0.670. The number of rotatable bonds is 4. The van der Waals surface area contributed by atoms with Crippen LogP contribution in [-0.2, 0) is 6.42 Å². The van der Waals surface area contributed by atoms with Gasteiger partial charge in [-0.25, -0.2) is 9.97 Å². The van der Waals surface area contributed by atoms with Crippen molar-refractivity contribution < 1.29 is 0 Å². The topological polar surface area (TPSA) is 51.8 Å². The zero-order valence-corrected chi connectivity index (χ0v) is 15.7. The molecule has 0 amide bonds. The number of nitrogens with two attached hydrogens (primary N) is 1. The average molecular weight is 376 g/mol. The van der Waals surface area contributed by atoms with Crippen molar-refractivity contribution in [2.24, 2.45) is 5.73 Å². The van der Waals surface area contributed by atoms with Gasteiger partial charge in [-0.15, -0.1) is 0 Å². The minimum absolute atomic E-state index is 0.797. The van der Waals surface area contributed by atoms with E-state index >= 15 is 0 Å². The van der Waals surface area contributed by atoms with Crippen LogP contribution in [0.3, 0.4) is 0 Å². The summed E-state index contributed by atoms with van der Waals surface area (Å²) in [6.07, 6.45) is 11.3. The van der Waals surface area contributed by atoms with Crippen molar-refractivity contribution in [2.45, 2.75) is 19.3 Å². The number of benzene rings is 1. The van der Waals surface area contributed by atoms with Gasteiger partial charge in [0.05, 0.1) is 0 Å². The second kappa shape index (κ2) is 6.34. The molecule has 2 aliphatic carbocycles. The van der Waals surface area contributed by atoms with Gasteiger partial charge in [0.15, 0.2) is 9.66 Å². The van der Waals surface area contributed by atoms with Crippen molar-refractivity contribution >= 4 is 43.5 Å². The van der Waals surface area contributed by atoms with Gasteiger partial charge in [0.1, 0.15) is 10.0 Å². The molecule has 2 heterocycles. The van der Waals surface area contributed by atoms with Crippen LogP contribution in [0.25, 0.3) is 20.8 Å². The van der Waals surface area contributed by atoms with E-state index in [1.54, 1.807) is 22.7 Å². The van der Waals surface area contributed by atoms with E-state index in [0.29, 0.717) is 0 Å². The molecule has 0 aliphatic heterocycles. The van der Waals surface area contributed by atoms with E-state index in [2.05, 4.69) is 48.6 Å². The Bertz CT molecular complexity index is 1080. The van der Waals surface area contributed by atoms with E-state index in [9.17, 15) is 0 Å². The zero-order chi connectivity index (χ0) is 17.5. The van der Waals surface area contributed by atoms with Crippen LogP contribution in [0.5, 0.6) is 0 Å². The molecular formula is C21H17N3S2. The fourth-order valence-electron chi connectivity index (χ4n) is 3.32. The SMILES string of the molecule is NC1=CC=C(c2nc3sc(C4=CC=C(Cc5ccccc5)C4)nc3s2)C1. The van der Waals surface area contributed by atoms with Gasteiger partial charge < -0.3 is 5.73 Å². The molecule has 0 saturated heterocycles. The maximum Gasteiger partial charge on any atom is 0.155 e. The number of aromatic nitrogens is 2. The maximum absolute atomic E-state index is 5.87. The minimum Gasteiger partial charge on any atom is -0.402 e. The summed E-state index contributed by atoms with van der Waals surface area (Å²) in [5.74, 6) is 0. The first-order valence-corrected chi connectivity index (χ1v) is 10.2. The van der Waals surface area contributed by atoms with Crippen LogP contribution in [0, 0.1) is 0 Å². The Morgan fingerprint density at radius 2 is 1.46 bits per heavy atom. The van der Waals surface area contributed by atoms with Gasteiger partial charge in [-0.3, -0.25) is 0 Å². The number of hydrogen-bond acceptors (Lipinski definition) is 5. The highest BCUT2D eigenvalue weighted by Crippen LogP contribution is 2.38. The summed E-state index contributed by atoms with van der Waals surface area (Å²) in [5, 5.41) is 2.15. The van der Waals surface area contributed by atoms with Crippen molar-refractivity contribution in [3.05, 3.63) is 81.5 Å². The lowest BCUT2D eigenvalue weighted by Crippen LogP contribution is -1.93. The van der Waals surface area contributed by atoms with Gasteiger partial charge in [-0.05, 0) is 35.6 Å². The Morgan fingerprint density at radius 3 is 2.12 bits per heavy atom. The lowest BCUT2D eigenvalue weighted by molar-refractivity contribution is 1.09. The number of allylic oxidation sites excluding steroid dienone is 7. The molecule has 0 radical (unpaired) electrons. The Balaban J connectivity index is 1.31. The smallest absolute Gasteiger partial charge is 0.155 e. The third-order valence-corrected chi connectivity index (χ3v) is 6.81. The molecule has 0 fully saturated rings. The lowest BCUT2D eigenvalue weighted by atomic mass is 10.0. The van der Waals surface area contributed by atoms with Crippen molar-refractivity contribution in [2.75, 3.05) is 0 Å². The highest BCUT2D eigenvalue weighted by atomic mass is 32.1. The number of hydrogen-bond donors (Lipinski definition) is 1. The van der Waals surface area contributed by atoms with Crippen LogP contribution >= 0.6 is 22.7 Å². The van der Waals surface area contributed by atoms with Crippen LogP contribution in [0.15, 0.2) is 65.9 Å². The molecule has 3 aromatic rings. The van der Waals surface area contributed by atoms with Gasteiger partial charge in [-0.1, -0.05) is 76.8 Å². The summed E-state index contributed by atoms with van der Waals surface area (Å²) < 4.78 is 0. The summed E-state index contributed by atoms with van der Waals surface area (Å²) >= 11 is 3.36. The summed E-state index contributed by atoms with van der Waals surface area (Å²) in [4.78, 5) is 11.7. The summed E-state index contributed by atoms with van der Waals surface area (Å²) in [7, 11) is 0. The molecule has 0 unspecified atom stereocenters. The third-order valence-electron chi connectivity index (χ3n) is 4.63. The molecule has 0 saturated carbocycles. The van der Waals surface area contributed by atoms with Crippen LogP contribution in [-0.4, -0.2) is 9.97 Å². The molecule has 2 aromatic heterocycles. The highest BCUT2D eigenvalue weighted by Gasteiger charge is 2.19. The molecule has 2 aliphatic rings. The molecule has 128 valence electrons. The molecule has 1 aromatic carbocycles. The van der Waals surface area contributed by atoms with E-state index < -0.39 is 0 Å². The number of fused-ring (bicyclic) bond motifs is 1. The minimum atomic E-state index is 0.797. The molecule has 5 rings (SSSR count). The molecule has 0 atom stereocenters. The molecule has 5 heteroatoms. The van der Waals surface area contributed by atoms with E-state index in [1.807, 2.05) is 6.08 Å². The van der Waals surface area contributed by atoms with E-state index in [1.165, 1.54) is 22.3 Å². The third kappa shape index (κ3) is 2.93. The predicted molar refractivity (Wildman–Crippen MR) is 111 cm³/mol. The van der Waals surface area contributed by atoms with Crippen LogP contribution < -0.4 is 5.73 Å². The summed E-state index contributed by atoms with van der Waals surface area (Å²) in [6.45, 7) is 0. The average Bonchev–Trinajstić information content (AvgIpc) is 3.38. The van der Waals surface area contributed by atoms with Crippen molar-refractivity contribution in [3.8, 4) is 0 Å². The van der Waals surface area contributed by atoms with Crippen LogP contribution in [0.4, 0.5) is 0 Å². The van der Waals surface area contributed by atoms with E-state index in [4.69, 9.17) is 15.7 Å². The maximum atomic E-state index is 5.87. The Hall–Kier alpha value is -2.50. The van der Waals surface area contributed by atoms with Crippen molar-refractivity contribution in [3.63, 3.8) is 0 Å². The fraction of sp³-hybridized carbons (Fsp3) is 0.143. The van der Waals surface area contributed by atoms with Gasteiger partial charge in [0.25, 0.3) is 0 Å². The molecular weight excluding hydrogens is 358 g/mol. The molecule has 0 bridgehead atoms. The number of nitrogens with zero attached hydrogens (tertiary/aromatic N) is 2. The van der Waals surface area contributed by atoms with Crippen LogP contribution in [0.1, 0.15) is 28.4 Å². The summed E-state index contributed by atoms with van der Waals surface area (Å²) in [6, 6.07) is 10.6. The second-order valence-corrected chi connectivity index (χ2v) is 8.57. The Kier molecular flexibility index (Phi) is 3.84. The monoisotopic (exact) mass is 375 g/mol. The standard InChI is InChI=1S/C21H17N3S2/c22-17-9-8-16(12-17)19-24-21-20(26-19)23-18(25-21)15-7-6-14(11-15)10-13-4-2-1-3-5-13/h1-9H,10-12,22H2.